The number of likely N-dealkylation sites (tertiary alicyclic amines) is 1. The van der Waals surface area contributed by atoms with Crippen LogP contribution in [-0.2, 0) is 23.1 Å². The van der Waals surface area contributed by atoms with E-state index in [0.717, 1.165) is 44.5 Å². The average Bonchev–Trinajstić information content (AvgIpc) is 3.64. The van der Waals surface area contributed by atoms with E-state index in [1.807, 2.05) is 43.0 Å². The molecule has 2 aromatic carbocycles. The molecule has 2 unspecified atom stereocenters. The van der Waals surface area contributed by atoms with Crippen LogP contribution >= 0.6 is 0 Å². The van der Waals surface area contributed by atoms with E-state index in [1.165, 1.54) is 31.4 Å². The second kappa shape index (κ2) is 17.1. The molecule has 236 valence electrons. The number of hydrogen-bond acceptors (Lipinski definition) is 6. The van der Waals surface area contributed by atoms with Crippen molar-refractivity contribution in [3.8, 4) is 0 Å². The van der Waals surface area contributed by atoms with Crippen LogP contribution in [0.3, 0.4) is 0 Å². The van der Waals surface area contributed by atoms with Crippen molar-refractivity contribution in [1.29, 1.82) is 0 Å². The van der Waals surface area contributed by atoms with Crippen LogP contribution < -0.4 is 11.2 Å². The van der Waals surface area contributed by atoms with Crippen molar-refractivity contribution in [3.05, 3.63) is 82.7 Å². The van der Waals surface area contributed by atoms with Crippen LogP contribution in [0.15, 0.2) is 59.9 Å². The van der Waals surface area contributed by atoms with Crippen molar-refractivity contribution in [2.45, 2.75) is 97.8 Å². The molecule has 0 saturated carbocycles. The lowest BCUT2D eigenvalue weighted by molar-refractivity contribution is -0.138. The molecule has 4 N–H and O–H groups in total. The molecule has 0 bridgehead atoms. The van der Waals surface area contributed by atoms with Crippen LogP contribution in [0, 0.1) is 6.92 Å². The van der Waals surface area contributed by atoms with E-state index in [1.54, 1.807) is 19.9 Å². The minimum atomic E-state index is -4.40. The number of aryl methyl sites for hydroxylation is 2. The van der Waals surface area contributed by atoms with Gasteiger partial charge in [-0.1, -0.05) is 70.2 Å². The first-order chi connectivity index (χ1) is 19.8. The van der Waals surface area contributed by atoms with Gasteiger partial charge in [0.25, 0.3) is 0 Å². The van der Waals surface area contributed by atoms with Gasteiger partial charge in [-0.05, 0) is 69.2 Å². The Morgan fingerprint density at radius 3 is 2.26 bits per heavy atom. The molecule has 0 radical (unpaired) electrons. The van der Waals surface area contributed by atoms with Gasteiger partial charge in [0.1, 0.15) is 5.67 Å². The molecular weight excluding hydrogens is 548 g/mol. The monoisotopic (exact) mass is 596 g/mol. The number of amidine groups is 1. The third-order valence-corrected chi connectivity index (χ3v) is 6.81. The summed E-state index contributed by atoms with van der Waals surface area (Å²) >= 11 is 0. The van der Waals surface area contributed by atoms with Crippen LogP contribution in [0.4, 0.5) is 17.6 Å². The number of halogens is 4. The molecule has 42 heavy (non-hydrogen) atoms. The number of alkyl halides is 4. The van der Waals surface area contributed by atoms with Crippen LogP contribution in [0.5, 0.6) is 0 Å². The average molecular weight is 597 g/mol. The molecule has 2 aromatic rings. The molecule has 0 aromatic heterocycles. The van der Waals surface area contributed by atoms with Gasteiger partial charge in [0.15, 0.2) is 12.1 Å². The standard InChI is InChI=1S/C16H19F3N4O.C13H19F.C2H6.CH4O/c1-9-5-6-11(8-12(9)16(17,18)19)14-21-15(24-22-14)13-4-3-7-23(13)10(2)20;1-4-5-6-11-7-9-12(10-8-11)13(2,3)14;2*1-2/h5-6,8,13,15H,2-4,7,20H2,1H3,(H,21,22);7-10H,4-6H2,1-3H3;1-2H3;2H,1H3. The van der Waals surface area contributed by atoms with E-state index in [9.17, 15) is 17.6 Å². The Morgan fingerprint density at radius 1 is 1.12 bits per heavy atom. The first-order valence-electron chi connectivity index (χ1n) is 14.4. The summed E-state index contributed by atoms with van der Waals surface area (Å²) < 4.78 is 52.7. The molecule has 0 aliphatic carbocycles. The van der Waals surface area contributed by atoms with Gasteiger partial charge >= 0.3 is 6.18 Å². The highest BCUT2D eigenvalue weighted by atomic mass is 19.4. The highest BCUT2D eigenvalue weighted by Crippen LogP contribution is 2.33. The summed E-state index contributed by atoms with van der Waals surface area (Å²) in [5.74, 6) is 0.736. The molecule has 1 saturated heterocycles. The summed E-state index contributed by atoms with van der Waals surface area (Å²) in [7, 11) is 1.00. The van der Waals surface area contributed by atoms with Crippen molar-refractivity contribution in [2.24, 2.45) is 10.7 Å². The van der Waals surface area contributed by atoms with Crippen molar-refractivity contribution >= 4 is 5.84 Å². The topological polar surface area (TPSA) is 83.1 Å². The Labute approximate surface area is 248 Å². The molecule has 2 aliphatic rings. The van der Waals surface area contributed by atoms with Gasteiger partial charge in [-0.3, -0.25) is 0 Å². The second-order valence-corrected chi connectivity index (χ2v) is 10.3. The van der Waals surface area contributed by atoms with E-state index < -0.39 is 23.6 Å². The summed E-state index contributed by atoms with van der Waals surface area (Å²) in [6.45, 7) is 15.3. The molecule has 1 fully saturated rings. The highest BCUT2D eigenvalue weighted by molar-refractivity contribution is 5.99. The van der Waals surface area contributed by atoms with Crippen LogP contribution in [-0.4, -0.2) is 41.8 Å². The predicted octanol–water partition coefficient (Wildman–Crippen LogP) is 7.38. The lowest BCUT2D eigenvalue weighted by Crippen LogP contribution is -2.40. The van der Waals surface area contributed by atoms with E-state index in [0.29, 0.717) is 17.2 Å². The Hall–Kier alpha value is -3.11. The minimum Gasteiger partial charge on any atom is -0.400 e. The second-order valence-electron chi connectivity index (χ2n) is 10.3. The third-order valence-electron chi connectivity index (χ3n) is 6.81. The first kappa shape index (κ1) is 36.9. The molecule has 2 heterocycles. The van der Waals surface area contributed by atoms with Crippen LogP contribution in [0.25, 0.3) is 0 Å². The Balaban J connectivity index is 0.000000419. The number of hydrogen-bond donors (Lipinski definition) is 3. The molecule has 0 amide bonds. The number of nitrogens with one attached hydrogen (secondary N) is 1. The van der Waals surface area contributed by atoms with Gasteiger partial charge in [0.05, 0.1) is 17.4 Å². The van der Waals surface area contributed by atoms with Crippen molar-refractivity contribution in [2.75, 3.05) is 13.7 Å². The first-order valence-corrected chi connectivity index (χ1v) is 14.4. The van der Waals surface area contributed by atoms with Crippen LogP contribution in [0.2, 0.25) is 0 Å². The quantitative estimate of drug-likeness (QED) is 0.291. The largest absolute Gasteiger partial charge is 0.416 e. The summed E-state index contributed by atoms with van der Waals surface area (Å²) in [5.41, 5.74) is 9.09. The minimum absolute atomic E-state index is 0.0694. The Morgan fingerprint density at radius 2 is 1.74 bits per heavy atom. The summed E-state index contributed by atoms with van der Waals surface area (Å²) in [5, 5.41) is 7.00. The van der Waals surface area contributed by atoms with Gasteiger partial charge < -0.3 is 15.7 Å². The van der Waals surface area contributed by atoms with Gasteiger partial charge in [-0.2, -0.15) is 13.2 Å². The normalized spacial score (nSPS) is 17.9. The fourth-order valence-corrected chi connectivity index (χ4v) is 4.56. The molecule has 4 rings (SSSR count). The number of rotatable bonds is 7. The van der Waals surface area contributed by atoms with Crippen molar-refractivity contribution in [1.82, 2.24) is 10.4 Å². The fourth-order valence-electron chi connectivity index (χ4n) is 4.56. The molecule has 10 heteroatoms. The number of aliphatic imine (C=N–C) groups is 1. The molecule has 0 spiro atoms. The summed E-state index contributed by atoms with van der Waals surface area (Å²) in [6.07, 6.45) is 0.352. The van der Waals surface area contributed by atoms with Crippen molar-refractivity contribution in [3.63, 3.8) is 0 Å². The Kier molecular flexibility index (Phi) is 15.0. The zero-order chi connectivity index (χ0) is 32.1. The predicted molar refractivity (Wildman–Crippen MR) is 162 cm³/mol. The summed E-state index contributed by atoms with van der Waals surface area (Å²) in [4.78, 5) is 11.8. The van der Waals surface area contributed by atoms with Gasteiger partial charge in [-0.15, -0.1) is 0 Å². The molecule has 2 atom stereocenters. The van der Waals surface area contributed by atoms with Gasteiger partial charge in [0, 0.05) is 19.2 Å². The fraction of sp³-hybridized carbons (Fsp3) is 0.531. The van der Waals surface area contributed by atoms with E-state index in [-0.39, 0.29) is 11.6 Å². The smallest absolute Gasteiger partial charge is 0.400 e. The van der Waals surface area contributed by atoms with Gasteiger partial charge in [-0.25, -0.2) is 19.7 Å². The maximum absolute atomic E-state index is 13.5. The van der Waals surface area contributed by atoms with E-state index >= 15 is 0 Å². The number of aliphatic hydroxyl groups excluding tert-OH is 1. The lowest BCUT2D eigenvalue weighted by atomic mass is 9.98. The number of hydroxylamine groups is 1. The summed E-state index contributed by atoms with van der Waals surface area (Å²) in [6, 6.07) is 11.9. The van der Waals surface area contributed by atoms with Crippen molar-refractivity contribution < 1.29 is 27.5 Å². The van der Waals surface area contributed by atoms with E-state index in [2.05, 4.69) is 24.0 Å². The SMILES string of the molecule is C=C(N)N1CCCC1C1N=C(c2ccc(C)c(C(F)(F)F)c2)NO1.CC.CCCCc1ccc(C(C)(C)F)cc1.CO. The lowest BCUT2D eigenvalue weighted by Gasteiger charge is -2.27. The molecule has 2 aliphatic heterocycles. The molecule has 6 nitrogen and oxygen atoms in total. The number of nitrogens with two attached hydrogens (primary N) is 1. The zero-order valence-electron chi connectivity index (χ0n) is 26.0. The molecular formula is C32H48F4N4O2. The Bertz CT molecular complexity index is 1130. The number of aliphatic hydroxyl groups is 1. The highest BCUT2D eigenvalue weighted by Gasteiger charge is 2.37. The number of nitrogens with zero attached hydrogens (tertiary/aromatic N) is 2. The third kappa shape index (κ3) is 10.6. The number of unbranched alkanes of at least 4 members (excludes halogenated alkanes) is 1. The number of benzene rings is 2. The van der Waals surface area contributed by atoms with E-state index in [4.69, 9.17) is 15.7 Å². The maximum atomic E-state index is 13.5. The van der Waals surface area contributed by atoms with Gasteiger partial charge in [0.2, 0.25) is 0 Å². The maximum Gasteiger partial charge on any atom is 0.416 e. The zero-order valence-corrected chi connectivity index (χ0v) is 26.0. The van der Waals surface area contributed by atoms with Crippen LogP contribution in [0.1, 0.15) is 88.1 Å².